The van der Waals surface area contributed by atoms with E-state index in [4.69, 9.17) is 0 Å². The molecule has 0 saturated carbocycles. The van der Waals surface area contributed by atoms with E-state index in [-0.39, 0.29) is 15.4 Å². The maximum atomic E-state index is 13.0. The lowest BCUT2D eigenvalue weighted by Crippen LogP contribution is -2.15. The van der Waals surface area contributed by atoms with E-state index in [1.165, 1.54) is 12.1 Å². The molecule has 5 nitrogen and oxygen atoms in total. The number of carbonyl (C=O) groups is 1. The molecule has 0 spiro atoms. The minimum absolute atomic E-state index is 0.167. The Hall–Kier alpha value is -2.67. The van der Waals surface area contributed by atoms with Gasteiger partial charge in [0.15, 0.2) is 5.03 Å². The van der Waals surface area contributed by atoms with E-state index in [1.807, 2.05) is 0 Å². The Bertz CT molecular complexity index is 974. The maximum Gasteiger partial charge on any atom is 0.417 e. The molecule has 0 aliphatic carbocycles. The smallest absolute Gasteiger partial charge is 0.417 e. The van der Waals surface area contributed by atoms with Gasteiger partial charge in [-0.1, -0.05) is 18.2 Å². The van der Waals surface area contributed by atoms with Gasteiger partial charge in [-0.2, -0.15) is 0 Å². The van der Waals surface area contributed by atoms with Crippen LogP contribution in [0.1, 0.15) is 0 Å². The zero-order valence-corrected chi connectivity index (χ0v) is 11.9. The molecule has 3 aromatic rings. The molecule has 1 heterocycles. The lowest BCUT2D eigenvalue weighted by molar-refractivity contribution is 0.195. The van der Waals surface area contributed by atoms with Crippen LogP contribution in [-0.2, 0) is 9.84 Å². The van der Waals surface area contributed by atoms with Crippen LogP contribution in [0.5, 0.6) is 0 Å². The zero-order valence-electron chi connectivity index (χ0n) is 11.1. The lowest BCUT2D eigenvalue weighted by atomic mass is 10.2. The molecule has 0 bridgehead atoms. The van der Waals surface area contributed by atoms with E-state index in [2.05, 4.69) is 0 Å². The molecule has 0 radical (unpaired) electrons. The van der Waals surface area contributed by atoms with E-state index < -0.39 is 21.7 Å². The van der Waals surface area contributed by atoms with E-state index in [9.17, 15) is 22.7 Å². The van der Waals surface area contributed by atoms with Gasteiger partial charge in [0.05, 0.1) is 10.4 Å². The van der Waals surface area contributed by atoms with E-state index in [0.29, 0.717) is 9.95 Å². The van der Waals surface area contributed by atoms with Gasteiger partial charge < -0.3 is 5.11 Å². The van der Waals surface area contributed by atoms with Crippen molar-refractivity contribution in [2.45, 2.75) is 9.92 Å². The molecule has 3 rings (SSSR count). The summed E-state index contributed by atoms with van der Waals surface area (Å²) in [6.45, 7) is 0. The molecule has 112 valence electrons. The molecule has 0 unspecified atom stereocenters. The number of hydrogen-bond donors (Lipinski definition) is 1. The Balaban J connectivity index is 2.31. The van der Waals surface area contributed by atoms with E-state index in [1.54, 1.807) is 18.2 Å². The second kappa shape index (κ2) is 4.96. The Kier molecular flexibility index (Phi) is 3.22. The lowest BCUT2D eigenvalue weighted by Gasteiger charge is -2.06. The molecule has 1 N–H and O–H groups in total. The summed E-state index contributed by atoms with van der Waals surface area (Å²) in [5, 5.41) is 9.47. The SMILES string of the molecule is O=C(O)n1c(S(=O)(=O)c2ccc(F)cc2)cc2ccccc21. The van der Waals surface area contributed by atoms with Crippen LogP contribution in [0.25, 0.3) is 10.9 Å². The fourth-order valence-electron chi connectivity index (χ4n) is 2.26. The summed E-state index contributed by atoms with van der Waals surface area (Å²) in [7, 11) is -4.08. The largest absolute Gasteiger partial charge is 0.464 e. The number of benzene rings is 2. The standard InChI is InChI=1S/C15H10FNO4S/c16-11-5-7-12(8-6-11)22(20,21)14-9-10-3-1-2-4-13(10)17(14)15(18)19/h1-9H,(H,18,19). The Morgan fingerprint density at radius 1 is 1.05 bits per heavy atom. The summed E-state index contributed by atoms with van der Waals surface area (Å²) >= 11 is 0. The van der Waals surface area contributed by atoms with Crippen LogP contribution in [0, 0.1) is 5.82 Å². The minimum Gasteiger partial charge on any atom is -0.464 e. The van der Waals surface area contributed by atoms with Crippen molar-refractivity contribution >= 4 is 26.8 Å². The van der Waals surface area contributed by atoms with Gasteiger partial charge >= 0.3 is 6.09 Å². The quantitative estimate of drug-likeness (QED) is 0.736. The van der Waals surface area contributed by atoms with Gasteiger partial charge in [0, 0.05) is 5.39 Å². The molecule has 0 amide bonds. The molecule has 0 aliphatic heterocycles. The maximum absolute atomic E-state index is 13.0. The van der Waals surface area contributed by atoms with Gasteiger partial charge in [-0.3, -0.25) is 0 Å². The van der Waals surface area contributed by atoms with Crippen LogP contribution < -0.4 is 0 Å². The molecular weight excluding hydrogens is 309 g/mol. The first-order valence-electron chi connectivity index (χ1n) is 6.26. The molecular formula is C15H10FNO4S. The fourth-order valence-corrected chi connectivity index (χ4v) is 3.69. The fraction of sp³-hybridized carbons (Fsp3) is 0. The van der Waals surface area contributed by atoms with Crippen molar-refractivity contribution < 1.29 is 22.7 Å². The predicted octanol–water partition coefficient (Wildman–Crippen LogP) is 3.14. The number of aromatic nitrogens is 1. The van der Waals surface area contributed by atoms with Crippen LogP contribution in [0.4, 0.5) is 9.18 Å². The molecule has 7 heteroatoms. The first-order valence-corrected chi connectivity index (χ1v) is 7.74. The summed E-state index contributed by atoms with van der Waals surface area (Å²) in [5.74, 6) is -0.572. The molecule has 2 aromatic carbocycles. The van der Waals surface area contributed by atoms with Crippen molar-refractivity contribution in [3.63, 3.8) is 0 Å². The Labute approximate surface area is 125 Å². The normalized spacial score (nSPS) is 11.7. The summed E-state index contributed by atoms with van der Waals surface area (Å²) < 4.78 is 38.9. The number of hydrogen-bond acceptors (Lipinski definition) is 3. The average molecular weight is 319 g/mol. The number of para-hydroxylation sites is 1. The van der Waals surface area contributed by atoms with Crippen LogP contribution in [0.2, 0.25) is 0 Å². The number of sulfone groups is 1. The molecule has 0 aliphatic rings. The van der Waals surface area contributed by atoms with Gasteiger partial charge in [-0.05, 0) is 36.4 Å². The zero-order chi connectivity index (χ0) is 15.9. The van der Waals surface area contributed by atoms with Gasteiger partial charge in [0.2, 0.25) is 9.84 Å². The third-order valence-corrected chi connectivity index (χ3v) is 5.01. The van der Waals surface area contributed by atoms with Gasteiger partial charge in [-0.15, -0.1) is 0 Å². The average Bonchev–Trinajstić information content (AvgIpc) is 2.88. The molecule has 0 saturated heterocycles. The highest BCUT2D eigenvalue weighted by Gasteiger charge is 2.26. The number of fused-ring (bicyclic) bond motifs is 1. The van der Waals surface area contributed by atoms with Crippen molar-refractivity contribution in [2.75, 3.05) is 0 Å². The van der Waals surface area contributed by atoms with E-state index >= 15 is 0 Å². The topological polar surface area (TPSA) is 76.4 Å². The Morgan fingerprint density at radius 3 is 2.32 bits per heavy atom. The van der Waals surface area contributed by atoms with Crippen molar-refractivity contribution in [3.8, 4) is 0 Å². The summed E-state index contributed by atoms with van der Waals surface area (Å²) in [6.07, 6.45) is -1.40. The van der Waals surface area contributed by atoms with Gasteiger partial charge in [0.25, 0.3) is 0 Å². The second-order valence-corrected chi connectivity index (χ2v) is 6.51. The third kappa shape index (κ3) is 2.15. The summed E-state index contributed by atoms with van der Waals surface area (Å²) in [6, 6.07) is 12.0. The van der Waals surface area contributed by atoms with Crippen molar-refractivity contribution in [3.05, 3.63) is 60.4 Å². The number of rotatable bonds is 2. The van der Waals surface area contributed by atoms with Crippen molar-refractivity contribution in [1.82, 2.24) is 4.57 Å². The highest BCUT2D eigenvalue weighted by Crippen LogP contribution is 2.28. The highest BCUT2D eigenvalue weighted by atomic mass is 32.2. The highest BCUT2D eigenvalue weighted by molar-refractivity contribution is 7.91. The minimum atomic E-state index is -4.08. The molecule has 22 heavy (non-hydrogen) atoms. The van der Waals surface area contributed by atoms with Crippen LogP contribution in [0.15, 0.2) is 64.5 Å². The first-order chi connectivity index (χ1) is 10.4. The third-order valence-electron chi connectivity index (χ3n) is 3.27. The van der Waals surface area contributed by atoms with Crippen LogP contribution in [0.3, 0.4) is 0 Å². The molecule has 0 fully saturated rings. The molecule has 1 aromatic heterocycles. The molecule has 0 atom stereocenters. The van der Waals surface area contributed by atoms with E-state index in [0.717, 1.165) is 24.3 Å². The number of halogens is 1. The monoisotopic (exact) mass is 319 g/mol. The summed E-state index contributed by atoms with van der Waals surface area (Å²) in [4.78, 5) is 11.3. The Morgan fingerprint density at radius 2 is 1.68 bits per heavy atom. The van der Waals surface area contributed by atoms with Crippen molar-refractivity contribution in [2.24, 2.45) is 0 Å². The first kappa shape index (κ1) is 14.3. The number of carboxylic acid groups (broad SMARTS) is 1. The predicted molar refractivity (Wildman–Crippen MR) is 77.2 cm³/mol. The number of nitrogens with zero attached hydrogens (tertiary/aromatic N) is 1. The van der Waals surface area contributed by atoms with Gasteiger partial charge in [0.1, 0.15) is 5.82 Å². The van der Waals surface area contributed by atoms with Crippen molar-refractivity contribution in [1.29, 1.82) is 0 Å². The van der Waals surface area contributed by atoms with Crippen LogP contribution >= 0.6 is 0 Å². The summed E-state index contributed by atoms with van der Waals surface area (Å²) in [5.41, 5.74) is 0.274. The van der Waals surface area contributed by atoms with Gasteiger partial charge in [-0.25, -0.2) is 22.2 Å². The van der Waals surface area contributed by atoms with Crippen LogP contribution in [-0.4, -0.2) is 24.2 Å². The second-order valence-electron chi connectivity index (χ2n) is 4.62.